The number of rotatable bonds is 4. The normalized spacial score (nSPS) is 39.6. The minimum absolute atomic E-state index is 0.0100. The molecule has 0 aromatic rings. The first kappa shape index (κ1) is 23.8. The minimum atomic E-state index is -4.37. The maximum atomic E-state index is 13.9. The number of fused-ring (bicyclic) bond motifs is 2. The fraction of sp³-hybridized carbons (Fsp3) is 0.913. The number of carbonyl (C=O) groups excluding carboxylic acids is 2. The van der Waals surface area contributed by atoms with Crippen molar-refractivity contribution in [2.45, 2.75) is 75.8 Å². The van der Waals surface area contributed by atoms with Gasteiger partial charge in [-0.1, -0.05) is 5.22 Å². The van der Waals surface area contributed by atoms with E-state index < -0.39 is 30.6 Å². The van der Waals surface area contributed by atoms with Crippen LogP contribution in [0, 0.1) is 29.6 Å². The second-order valence-electron chi connectivity index (χ2n) is 11.0. The van der Waals surface area contributed by atoms with Crippen molar-refractivity contribution in [1.82, 2.24) is 15.2 Å². The third kappa shape index (κ3) is 4.89. The van der Waals surface area contributed by atoms with Crippen LogP contribution in [0.15, 0.2) is 10.3 Å². The average Bonchev–Trinajstić information content (AvgIpc) is 3.50. The summed E-state index contributed by atoms with van der Waals surface area (Å²) in [5.74, 6) is -1.39. The highest BCUT2D eigenvalue weighted by atomic mass is 19.4. The number of carbonyl (C=O) groups is 2. The average molecular weight is 488 g/mol. The molecule has 0 radical (unpaired) electrons. The lowest BCUT2D eigenvalue weighted by atomic mass is 9.78. The summed E-state index contributed by atoms with van der Waals surface area (Å²) in [5.41, 5.74) is 3.01. The third-order valence-electron chi connectivity index (χ3n) is 8.72. The van der Waals surface area contributed by atoms with E-state index in [1.54, 1.807) is 4.90 Å². The van der Waals surface area contributed by atoms with Crippen LogP contribution in [0.25, 0.3) is 0 Å². The highest BCUT2D eigenvalue weighted by molar-refractivity contribution is 5.80. The van der Waals surface area contributed by atoms with Gasteiger partial charge in [0.15, 0.2) is 0 Å². The standard InChI is InChI=1S/C23H33F4N5O2/c24-18-6-13(5-17(8-18)23(25,26)27)1-4-21(33)31-9-15-11-32(12-16(15)10-31)22(34)14-2-3-19-20(7-14)29-30-28-19/h13-20H,1-12H2,(H,28,29). The molecular formula is C23H33F4N5O2. The Balaban J connectivity index is 1.07. The molecule has 2 saturated heterocycles. The lowest BCUT2D eigenvalue weighted by Gasteiger charge is -2.33. The van der Waals surface area contributed by atoms with Crippen molar-refractivity contribution < 1.29 is 27.2 Å². The van der Waals surface area contributed by atoms with Gasteiger partial charge in [0.2, 0.25) is 11.8 Å². The van der Waals surface area contributed by atoms with Crippen LogP contribution in [0.5, 0.6) is 0 Å². The van der Waals surface area contributed by atoms with Gasteiger partial charge >= 0.3 is 6.18 Å². The van der Waals surface area contributed by atoms with E-state index in [-0.39, 0.29) is 60.9 Å². The first-order valence-corrected chi connectivity index (χ1v) is 12.6. The molecule has 4 fully saturated rings. The largest absolute Gasteiger partial charge is 0.391 e. The number of amides is 2. The molecule has 2 aliphatic carbocycles. The first-order chi connectivity index (χ1) is 16.2. The molecule has 11 heteroatoms. The van der Waals surface area contributed by atoms with Crippen LogP contribution < -0.4 is 5.43 Å². The Morgan fingerprint density at radius 2 is 1.65 bits per heavy atom. The molecule has 0 bridgehead atoms. The summed E-state index contributed by atoms with van der Waals surface area (Å²) in [6.07, 6.45) is -3.33. The SMILES string of the molecule is O=C(CCC1CC(F)CC(C(F)(F)F)C1)N1CC2CN(C(=O)C3CCC4N=NNC4C3)CC2C1. The lowest BCUT2D eigenvalue weighted by Crippen LogP contribution is -2.44. The summed E-state index contributed by atoms with van der Waals surface area (Å²) in [6.45, 7) is 2.48. The zero-order valence-electron chi connectivity index (χ0n) is 19.2. The van der Waals surface area contributed by atoms with Crippen molar-refractivity contribution in [2.24, 2.45) is 39.9 Å². The Morgan fingerprint density at radius 1 is 0.941 bits per heavy atom. The lowest BCUT2D eigenvalue weighted by molar-refractivity contribution is -0.191. The number of nitrogens with one attached hydrogen (secondary N) is 1. The van der Waals surface area contributed by atoms with Gasteiger partial charge in [-0.2, -0.15) is 18.3 Å². The Morgan fingerprint density at radius 3 is 2.35 bits per heavy atom. The summed E-state index contributed by atoms with van der Waals surface area (Å²) < 4.78 is 53.0. The van der Waals surface area contributed by atoms with Crippen molar-refractivity contribution in [1.29, 1.82) is 0 Å². The maximum absolute atomic E-state index is 13.9. The second-order valence-corrected chi connectivity index (χ2v) is 11.0. The molecule has 5 rings (SSSR count). The number of likely N-dealkylation sites (tertiary alicyclic amines) is 2. The number of alkyl halides is 4. The van der Waals surface area contributed by atoms with Gasteiger partial charge in [0.25, 0.3) is 0 Å². The van der Waals surface area contributed by atoms with Gasteiger partial charge in [0.05, 0.1) is 18.0 Å². The molecule has 8 unspecified atom stereocenters. The number of halogens is 4. The van der Waals surface area contributed by atoms with E-state index in [2.05, 4.69) is 15.8 Å². The summed E-state index contributed by atoms with van der Waals surface area (Å²) >= 11 is 0. The monoisotopic (exact) mass is 487 g/mol. The molecule has 190 valence electrons. The highest BCUT2D eigenvalue weighted by Gasteiger charge is 2.47. The predicted molar refractivity (Wildman–Crippen MR) is 114 cm³/mol. The molecule has 8 atom stereocenters. The van der Waals surface area contributed by atoms with Crippen molar-refractivity contribution in [2.75, 3.05) is 26.2 Å². The zero-order chi connectivity index (χ0) is 24.0. The molecule has 2 saturated carbocycles. The van der Waals surface area contributed by atoms with Gasteiger partial charge in [-0.25, -0.2) is 4.39 Å². The van der Waals surface area contributed by atoms with Crippen molar-refractivity contribution >= 4 is 11.8 Å². The van der Waals surface area contributed by atoms with Crippen LogP contribution in [-0.2, 0) is 9.59 Å². The van der Waals surface area contributed by atoms with Crippen LogP contribution in [0.3, 0.4) is 0 Å². The van der Waals surface area contributed by atoms with E-state index in [4.69, 9.17) is 0 Å². The van der Waals surface area contributed by atoms with Gasteiger partial charge in [-0.3, -0.25) is 15.0 Å². The Hall–Kier alpha value is -1.94. The Labute approximate surface area is 196 Å². The zero-order valence-corrected chi connectivity index (χ0v) is 19.2. The summed E-state index contributed by atoms with van der Waals surface area (Å²) in [5, 5.41) is 8.06. The van der Waals surface area contributed by atoms with Crippen LogP contribution in [0.2, 0.25) is 0 Å². The fourth-order valence-corrected chi connectivity index (χ4v) is 6.82. The first-order valence-electron chi connectivity index (χ1n) is 12.6. The predicted octanol–water partition coefficient (Wildman–Crippen LogP) is 3.51. The fourth-order valence-electron chi connectivity index (χ4n) is 6.82. The molecule has 0 aromatic carbocycles. The van der Waals surface area contributed by atoms with E-state index in [0.717, 1.165) is 19.3 Å². The molecule has 5 aliphatic rings. The third-order valence-corrected chi connectivity index (χ3v) is 8.72. The van der Waals surface area contributed by atoms with E-state index in [9.17, 15) is 27.2 Å². The molecule has 0 aromatic heterocycles. The maximum Gasteiger partial charge on any atom is 0.391 e. The number of nitrogens with zero attached hydrogens (tertiary/aromatic N) is 4. The molecule has 2 amide bonds. The smallest absolute Gasteiger partial charge is 0.342 e. The van der Waals surface area contributed by atoms with Gasteiger partial charge in [-0.15, -0.1) is 0 Å². The minimum Gasteiger partial charge on any atom is -0.342 e. The second kappa shape index (κ2) is 9.26. The number of hydrogen-bond donors (Lipinski definition) is 1. The highest BCUT2D eigenvalue weighted by Crippen LogP contribution is 2.42. The van der Waals surface area contributed by atoms with Crippen LogP contribution in [-0.4, -0.2) is 72.2 Å². The molecule has 7 nitrogen and oxygen atoms in total. The van der Waals surface area contributed by atoms with E-state index >= 15 is 0 Å². The molecule has 0 spiro atoms. The number of hydrogen-bond acceptors (Lipinski definition) is 5. The van der Waals surface area contributed by atoms with Crippen molar-refractivity contribution in [3.05, 3.63) is 0 Å². The van der Waals surface area contributed by atoms with Gasteiger partial charge in [-0.05, 0) is 50.9 Å². The molecule has 1 N–H and O–H groups in total. The Bertz CT molecular complexity index is 810. The molecule has 34 heavy (non-hydrogen) atoms. The molecule has 3 aliphatic heterocycles. The molecule has 3 heterocycles. The van der Waals surface area contributed by atoms with Gasteiger partial charge < -0.3 is 9.80 Å². The van der Waals surface area contributed by atoms with Crippen LogP contribution in [0.4, 0.5) is 17.6 Å². The van der Waals surface area contributed by atoms with E-state index in [0.29, 0.717) is 32.6 Å². The van der Waals surface area contributed by atoms with E-state index in [1.807, 2.05) is 4.90 Å². The topological polar surface area (TPSA) is 77.4 Å². The summed E-state index contributed by atoms with van der Waals surface area (Å²) in [6, 6.07) is 0.339. The summed E-state index contributed by atoms with van der Waals surface area (Å²) in [7, 11) is 0. The Kier molecular flexibility index (Phi) is 6.48. The molecular weight excluding hydrogens is 454 g/mol. The summed E-state index contributed by atoms with van der Waals surface area (Å²) in [4.78, 5) is 29.6. The van der Waals surface area contributed by atoms with E-state index in [1.165, 1.54) is 0 Å². The van der Waals surface area contributed by atoms with Gasteiger partial charge in [0, 0.05) is 50.4 Å². The van der Waals surface area contributed by atoms with Gasteiger partial charge in [0.1, 0.15) is 6.17 Å². The van der Waals surface area contributed by atoms with Crippen LogP contribution in [0.1, 0.15) is 51.4 Å². The van der Waals surface area contributed by atoms with Crippen molar-refractivity contribution in [3.8, 4) is 0 Å². The van der Waals surface area contributed by atoms with Crippen LogP contribution >= 0.6 is 0 Å². The van der Waals surface area contributed by atoms with Crippen molar-refractivity contribution in [3.63, 3.8) is 0 Å². The quantitative estimate of drug-likeness (QED) is 0.617.